The Labute approximate surface area is 116 Å². The lowest BCUT2D eigenvalue weighted by Gasteiger charge is -2.26. The minimum atomic E-state index is 0.524. The molecule has 1 aliphatic rings. The van der Waals surface area contributed by atoms with Crippen LogP contribution in [-0.2, 0) is 11.3 Å². The van der Waals surface area contributed by atoms with Crippen molar-refractivity contribution in [1.82, 2.24) is 14.5 Å². The highest BCUT2D eigenvalue weighted by Crippen LogP contribution is 2.24. The van der Waals surface area contributed by atoms with Crippen molar-refractivity contribution in [2.45, 2.75) is 6.54 Å². The molecule has 0 bridgehead atoms. The second-order valence-corrected chi connectivity index (χ2v) is 5.09. The van der Waals surface area contributed by atoms with Gasteiger partial charge in [0.2, 0.25) is 5.95 Å². The summed E-state index contributed by atoms with van der Waals surface area (Å²) in [6.45, 7) is 5.35. The summed E-state index contributed by atoms with van der Waals surface area (Å²) in [5.41, 5.74) is 7.77. The van der Waals surface area contributed by atoms with Gasteiger partial charge in [0, 0.05) is 26.2 Å². The van der Waals surface area contributed by atoms with Gasteiger partial charge in [-0.3, -0.25) is 4.90 Å². The number of nitrogens with zero attached hydrogens (tertiary/aromatic N) is 3. The van der Waals surface area contributed by atoms with Crippen LogP contribution in [0.5, 0.6) is 0 Å². The molecule has 0 spiro atoms. The highest BCUT2D eigenvalue weighted by atomic mass is 35.5. The molecule has 6 heteroatoms. The first-order valence-electron chi connectivity index (χ1n) is 6.46. The third-order valence-electron chi connectivity index (χ3n) is 3.50. The number of anilines is 1. The van der Waals surface area contributed by atoms with Crippen molar-refractivity contribution in [1.29, 1.82) is 0 Å². The molecule has 5 nitrogen and oxygen atoms in total. The molecule has 0 atom stereocenters. The second kappa shape index (κ2) is 5.36. The summed E-state index contributed by atoms with van der Waals surface area (Å²) >= 11 is 6.13. The Hall–Kier alpha value is -1.30. The van der Waals surface area contributed by atoms with E-state index in [4.69, 9.17) is 22.1 Å². The summed E-state index contributed by atoms with van der Waals surface area (Å²) in [7, 11) is 0. The highest BCUT2D eigenvalue weighted by molar-refractivity contribution is 6.35. The van der Waals surface area contributed by atoms with Crippen LogP contribution in [0.1, 0.15) is 0 Å². The first-order valence-corrected chi connectivity index (χ1v) is 6.84. The third-order valence-corrected chi connectivity index (χ3v) is 3.81. The molecule has 1 aliphatic heterocycles. The Morgan fingerprint density at radius 1 is 1.26 bits per heavy atom. The van der Waals surface area contributed by atoms with E-state index in [9.17, 15) is 0 Å². The SMILES string of the molecule is Nc1nc2c(Cl)cccc2n1CCN1CCOCC1. The van der Waals surface area contributed by atoms with Crippen LogP contribution in [-0.4, -0.2) is 47.3 Å². The average molecular weight is 281 g/mol. The number of hydrogen-bond acceptors (Lipinski definition) is 4. The number of benzene rings is 1. The number of rotatable bonds is 3. The first-order chi connectivity index (χ1) is 9.25. The normalized spacial score (nSPS) is 17.1. The molecule has 1 saturated heterocycles. The first kappa shape index (κ1) is 12.7. The van der Waals surface area contributed by atoms with Gasteiger partial charge in [-0.1, -0.05) is 17.7 Å². The maximum absolute atomic E-state index is 6.13. The highest BCUT2D eigenvalue weighted by Gasteiger charge is 2.13. The van der Waals surface area contributed by atoms with Gasteiger partial charge in [0.25, 0.3) is 0 Å². The molecule has 0 amide bonds. The molecule has 0 saturated carbocycles. The molecule has 19 heavy (non-hydrogen) atoms. The third kappa shape index (κ3) is 2.54. The van der Waals surface area contributed by atoms with E-state index in [1.807, 2.05) is 22.8 Å². The van der Waals surface area contributed by atoms with Crippen LogP contribution in [0.25, 0.3) is 11.0 Å². The van der Waals surface area contributed by atoms with Gasteiger partial charge in [0.05, 0.1) is 23.8 Å². The van der Waals surface area contributed by atoms with Crippen molar-refractivity contribution in [2.75, 3.05) is 38.6 Å². The summed E-state index contributed by atoms with van der Waals surface area (Å²) in [5, 5.41) is 0.648. The zero-order chi connectivity index (χ0) is 13.2. The van der Waals surface area contributed by atoms with Crippen LogP contribution >= 0.6 is 11.6 Å². The topological polar surface area (TPSA) is 56.3 Å². The fourth-order valence-electron chi connectivity index (χ4n) is 2.43. The largest absolute Gasteiger partial charge is 0.379 e. The standard InChI is InChI=1S/C13H17ClN4O/c14-10-2-1-3-11-12(10)16-13(15)18(11)5-4-17-6-8-19-9-7-17/h1-3H,4-9H2,(H2,15,16). The number of halogens is 1. The number of aromatic nitrogens is 2. The van der Waals surface area contributed by atoms with E-state index in [1.165, 1.54) is 0 Å². The van der Waals surface area contributed by atoms with Gasteiger partial charge in [-0.05, 0) is 12.1 Å². The van der Waals surface area contributed by atoms with E-state index in [-0.39, 0.29) is 0 Å². The molecule has 1 aromatic heterocycles. The van der Waals surface area contributed by atoms with E-state index >= 15 is 0 Å². The van der Waals surface area contributed by atoms with E-state index in [0.29, 0.717) is 11.0 Å². The number of morpholine rings is 1. The van der Waals surface area contributed by atoms with Crippen molar-refractivity contribution in [3.63, 3.8) is 0 Å². The van der Waals surface area contributed by atoms with Gasteiger partial charge in [-0.2, -0.15) is 0 Å². The van der Waals surface area contributed by atoms with Crippen LogP contribution in [0.2, 0.25) is 5.02 Å². The molecular formula is C13H17ClN4O. The van der Waals surface area contributed by atoms with Crippen LogP contribution in [0.3, 0.4) is 0 Å². The zero-order valence-electron chi connectivity index (χ0n) is 10.7. The fourth-order valence-corrected chi connectivity index (χ4v) is 2.64. The predicted molar refractivity (Wildman–Crippen MR) is 76.4 cm³/mol. The Morgan fingerprint density at radius 3 is 2.84 bits per heavy atom. The molecule has 0 unspecified atom stereocenters. The van der Waals surface area contributed by atoms with Crippen molar-refractivity contribution in [3.05, 3.63) is 23.2 Å². The lowest BCUT2D eigenvalue weighted by Crippen LogP contribution is -2.38. The maximum atomic E-state index is 6.13. The Bertz CT molecular complexity index is 577. The van der Waals surface area contributed by atoms with E-state index < -0.39 is 0 Å². The quantitative estimate of drug-likeness (QED) is 0.928. The van der Waals surface area contributed by atoms with E-state index in [2.05, 4.69) is 9.88 Å². The van der Waals surface area contributed by atoms with Crippen LogP contribution in [0.15, 0.2) is 18.2 Å². The lowest BCUT2D eigenvalue weighted by atomic mass is 10.3. The van der Waals surface area contributed by atoms with E-state index in [0.717, 1.165) is 50.4 Å². The zero-order valence-corrected chi connectivity index (χ0v) is 11.4. The molecule has 0 aliphatic carbocycles. The molecular weight excluding hydrogens is 264 g/mol. The lowest BCUT2D eigenvalue weighted by molar-refractivity contribution is 0.0366. The number of nitrogens with two attached hydrogens (primary N) is 1. The Balaban J connectivity index is 1.80. The van der Waals surface area contributed by atoms with E-state index in [1.54, 1.807) is 0 Å². The number of ether oxygens (including phenoxy) is 1. The minimum absolute atomic E-state index is 0.524. The maximum Gasteiger partial charge on any atom is 0.201 e. The van der Waals surface area contributed by atoms with Crippen LogP contribution < -0.4 is 5.73 Å². The molecule has 102 valence electrons. The van der Waals surface area contributed by atoms with Gasteiger partial charge < -0.3 is 15.0 Å². The summed E-state index contributed by atoms with van der Waals surface area (Å²) in [5.74, 6) is 0.524. The fraction of sp³-hybridized carbons (Fsp3) is 0.462. The minimum Gasteiger partial charge on any atom is -0.379 e. The summed E-state index contributed by atoms with van der Waals surface area (Å²) < 4.78 is 7.37. The summed E-state index contributed by atoms with van der Waals surface area (Å²) in [6.07, 6.45) is 0. The number of fused-ring (bicyclic) bond motifs is 1. The number of para-hydroxylation sites is 1. The van der Waals surface area contributed by atoms with Gasteiger partial charge in [0.15, 0.2) is 0 Å². The smallest absolute Gasteiger partial charge is 0.201 e. The number of nitrogen functional groups attached to an aromatic ring is 1. The monoisotopic (exact) mass is 280 g/mol. The molecule has 2 heterocycles. The Kier molecular flexibility index (Phi) is 3.59. The molecule has 1 fully saturated rings. The number of imidazole rings is 1. The molecule has 1 aromatic carbocycles. The summed E-state index contributed by atoms with van der Waals surface area (Å²) in [4.78, 5) is 6.72. The molecule has 2 N–H and O–H groups in total. The van der Waals surface area contributed by atoms with Crippen molar-refractivity contribution in [2.24, 2.45) is 0 Å². The molecule has 3 rings (SSSR count). The van der Waals surface area contributed by atoms with Crippen LogP contribution in [0.4, 0.5) is 5.95 Å². The van der Waals surface area contributed by atoms with Crippen molar-refractivity contribution < 1.29 is 4.74 Å². The average Bonchev–Trinajstić information content (AvgIpc) is 2.75. The van der Waals surface area contributed by atoms with Crippen LogP contribution in [0, 0.1) is 0 Å². The van der Waals surface area contributed by atoms with Crippen molar-refractivity contribution in [3.8, 4) is 0 Å². The van der Waals surface area contributed by atoms with Gasteiger partial charge >= 0.3 is 0 Å². The van der Waals surface area contributed by atoms with Gasteiger partial charge in [0.1, 0.15) is 5.52 Å². The molecule has 0 radical (unpaired) electrons. The molecule has 2 aromatic rings. The number of hydrogen-bond donors (Lipinski definition) is 1. The summed E-state index contributed by atoms with van der Waals surface area (Å²) in [6, 6.07) is 5.77. The van der Waals surface area contributed by atoms with Gasteiger partial charge in [-0.15, -0.1) is 0 Å². The Morgan fingerprint density at radius 2 is 2.05 bits per heavy atom. The van der Waals surface area contributed by atoms with Crippen molar-refractivity contribution >= 4 is 28.6 Å². The van der Waals surface area contributed by atoms with Gasteiger partial charge in [-0.25, -0.2) is 4.98 Å². The second-order valence-electron chi connectivity index (χ2n) is 4.68. The predicted octanol–water partition coefficient (Wildman–Crippen LogP) is 1.60.